The lowest BCUT2D eigenvalue weighted by Gasteiger charge is -2.08. The number of aliphatic hydroxyl groups is 1. The molecule has 2 heteroatoms. The van der Waals surface area contributed by atoms with Crippen molar-refractivity contribution in [3.8, 4) is 0 Å². The van der Waals surface area contributed by atoms with Gasteiger partial charge in [0.1, 0.15) is 0 Å². The molecule has 0 spiro atoms. The van der Waals surface area contributed by atoms with Gasteiger partial charge in [-0.25, -0.2) is 0 Å². The molecule has 0 aliphatic carbocycles. The Labute approximate surface area is 80.9 Å². The molecule has 12 heavy (non-hydrogen) atoms. The van der Waals surface area contributed by atoms with Gasteiger partial charge in [-0.15, -0.1) is 6.58 Å². The molecule has 0 fully saturated rings. The lowest BCUT2D eigenvalue weighted by Crippen LogP contribution is -1.99. The molecule has 0 aromatic heterocycles. The predicted molar refractivity (Wildman–Crippen MR) is 54.2 cm³/mol. The molecule has 0 amide bonds. The van der Waals surface area contributed by atoms with Crippen LogP contribution in [0.4, 0.5) is 0 Å². The monoisotopic (exact) mass is 226 g/mol. The highest BCUT2D eigenvalue weighted by atomic mass is 79.9. The summed E-state index contributed by atoms with van der Waals surface area (Å²) in [6.45, 7) is 3.78. The molecule has 0 bridgehead atoms. The maximum absolute atomic E-state index is 8.97. The largest absolute Gasteiger partial charge is 0.395 e. The molecular weight excluding hydrogens is 216 g/mol. The maximum Gasteiger partial charge on any atom is 0.0534 e. The van der Waals surface area contributed by atoms with Gasteiger partial charge in [-0.3, -0.25) is 0 Å². The van der Waals surface area contributed by atoms with E-state index in [4.69, 9.17) is 5.11 Å². The van der Waals surface area contributed by atoms with Crippen molar-refractivity contribution in [2.75, 3.05) is 6.61 Å². The minimum Gasteiger partial charge on any atom is -0.395 e. The van der Waals surface area contributed by atoms with Gasteiger partial charge >= 0.3 is 0 Å². The lowest BCUT2D eigenvalue weighted by atomic mass is 10.0. The van der Waals surface area contributed by atoms with Crippen molar-refractivity contribution >= 4 is 15.9 Å². The van der Waals surface area contributed by atoms with Crippen LogP contribution < -0.4 is 0 Å². The minimum absolute atomic E-state index is 0.0538. The van der Waals surface area contributed by atoms with E-state index in [1.165, 1.54) is 0 Å². The molecule has 0 aliphatic rings. The van der Waals surface area contributed by atoms with Gasteiger partial charge in [-0.2, -0.15) is 0 Å². The average molecular weight is 227 g/mol. The third kappa shape index (κ3) is 2.19. The number of aliphatic hydroxyl groups excluding tert-OH is 1. The predicted octanol–water partition coefficient (Wildman–Crippen LogP) is 2.71. The standard InChI is InChI=1S/C10H11BrO/c1-2-8(7-12)9-3-5-10(11)6-4-9/h2-6,8,12H,1,7H2. The van der Waals surface area contributed by atoms with Crippen LogP contribution in [-0.4, -0.2) is 11.7 Å². The molecule has 1 N–H and O–H groups in total. The van der Waals surface area contributed by atoms with Crippen LogP contribution in [0.2, 0.25) is 0 Å². The number of rotatable bonds is 3. The molecule has 1 unspecified atom stereocenters. The van der Waals surface area contributed by atoms with E-state index >= 15 is 0 Å². The van der Waals surface area contributed by atoms with Gasteiger partial charge in [0.2, 0.25) is 0 Å². The number of hydrogen-bond acceptors (Lipinski definition) is 1. The van der Waals surface area contributed by atoms with E-state index in [0.717, 1.165) is 10.0 Å². The Balaban J connectivity index is 2.87. The van der Waals surface area contributed by atoms with E-state index < -0.39 is 0 Å². The van der Waals surface area contributed by atoms with E-state index in [0.29, 0.717) is 0 Å². The highest BCUT2D eigenvalue weighted by Gasteiger charge is 2.04. The van der Waals surface area contributed by atoms with Gasteiger partial charge in [0.25, 0.3) is 0 Å². The molecule has 1 atom stereocenters. The minimum atomic E-state index is 0.0538. The summed E-state index contributed by atoms with van der Waals surface area (Å²) in [5.41, 5.74) is 1.09. The molecule has 1 aromatic carbocycles. The van der Waals surface area contributed by atoms with Crippen LogP contribution >= 0.6 is 15.9 Å². The first kappa shape index (κ1) is 9.49. The Hall–Kier alpha value is -0.600. The fourth-order valence-electron chi connectivity index (χ4n) is 1.03. The van der Waals surface area contributed by atoms with Gasteiger partial charge in [-0.1, -0.05) is 34.1 Å². The van der Waals surface area contributed by atoms with Gasteiger partial charge < -0.3 is 5.11 Å². The second kappa shape index (κ2) is 4.43. The van der Waals surface area contributed by atoms with Crippen molar-refractivity contribution in [3.05, 3.63) is 47.0 Å². The van der Waals surface area contributed by atoms with Crippen LogP contribution in [0.1, 0.15) is 11.5 Å². The normalized spacial score (nSPS) is 12.5. The highest BCUT2D eigenvalue weighted by molar-refractivity contribution is 9.10. The van der Waals surface area contributed by atoms with Crippen molar-refractivity contribution in [1.29, 1.82) is 0 Å². The summed E-state index contributed by atoms with van der Waals surface area (Å²) in [5.74, 6) is 0.0538. The second-order valence-corrected chi connectivity index (χ2v) is 3.49. The van der Waals surface area contributed by atoms with Crippen molar-refractivity contribution in [1.82, 2.24) is 0 Å². The van der Waals surface area contributed by atoms with E-state index in [-0.39, 0.29) is 12.5 Å². The number of benzene rings is 1. The zero-order valence-corrected chi connectivity index (χ0v) is 8.29. The van der Waals surface area contributed by atoms with Crippen LogP contribution in [0.25, 0.3) is 0 Å². The fourth-order valence-corrected chi connectivity index (χ4v) is 1.29. The molecular formula is C10H11BrO. The molecule has 0 radical (unpaired) electrons. The maximum atomic E-state index is 8.97. The Kier molecular flexibility index (Phi) is 3.50. The average Bonchev–Trinajstić information content (AvgIpc) is 2.10. The molecule has 0 aliphatic heterocycles. The van der Waals surface area contributed by atoms with Gasteiger partial charge in [-0.05, 0) is 17.7 Å². The smallest absolute Gasteiger partial charge is 0.0534 e. The molecule has 1 nitrogen and oxygen atoms in total. The molecule has 0 saturated carbocycles. The Morgan fingerprint density at radius 3 is 2.42 bits per heavy atom. The Morgan fingerprint density at radius 2 is 2.00 bits per heavy atom. The first-order chi connectivity index (χ1) is 5.77. The summed E-state index contributed by atoms with van der Waals surface area (Å²) in [7, 11) is 0. The van der Waals surface area contributed by atoms with Crippen molar-refractivity contribution in [2.24, 2.45) is 0 Å². The summed E-state index contributed by atoms with van der Waals surface area (Å²) >= 11 is 3.35. The number of hydrogen-bond donors (Lipinski definition) is 1. The van der Waals surface area contributed by atoms with Crippen LogP contribution in [0.15, 0.2) is 41.4 Å². The first-order valence-corrected chi connectivity index (χ1v) is 4.56. The van der Waals surface area contributed by atoms with Crippen molar-refractivity contribution in [3.63, 3.8) is 0 Å². The van der Waals surface area contributed by atoms with Crippen LogP contribution in [0.3, 0.4) is 0 Å². The first-order valence-electron chi connectivity index (χ1n) is 3.77. The fraction of sp³-hybridized carbons (Fsp3) is 0.200. The third-order valence-electron chi connectivity index (χ3n) is 1.78. The quantitative estimate of drug-likeness (QED) is 0.787. The SMILES string of the molecule is C=CC(CO)c1ccc(Br)cc1. The summed E-state index contributed by atoms with van der Waals surface area (Å²) < 4.78 is 1.05. The lowest BCUT2D eigenvalue weighted by molar-refractivity contribution is 0.283. The summed E-state index contributed by atoms with van der Waals surface area (Å²) in [6, 6.07) is 7.88. The highest BCUT2D eigenvalue weighted by Crippen LogP contribution is 2.18. The topological polar surface area (TPSA) is 20.2 Å². The Morgan fingerprint density at radius 1 is 1.42 bits per heavy atom. The molecule has 1 aromatic rings. The van der Waals surface area contributed by atoms with Crippen LogP contribution in [0.5, 0.6) is 0 Å². The molecule has 64 valence electrons. The van der Waals surface area contributed by atoms with Crippen molar-refractivity contribution < 1.29 is 5.11 Å². The van der Waals surface area contributed by atoms with Gasteiger partial charge in [0.05, 0.1) is 6.61 Å². The third-order valence-corrected chi connectivity index (χ3v) is 2.31. The van der Waals surface area contributed by atoms with E-state index in [1.807, 2.05) is 24.3 Å². The molecule has 0 saturated heterocycles. The van der Waals surface area contributed by atoms with Crippen LogP contribution in [-0.2, 0) is 0 Å². The Bertz CT molecular complexity index is 253. The zero-order valence-electron chi connectivity index (χ0n) is 6.70. The number of halogens is 1. The van der Waals surface area contributed by atoms with Crippen LogP contribution in [0, 0.1) is 0 Å². The molecule has 1 rings (SSSR count). The summed E-state index contributed by atoms with van der Waals surface area (Å²) in [4.78, 5) is 0. The van der Waals surface area contributed by atoms with E-state index in [1.54, 1.807) is 6.08 Å². The molecule has 0 heterocycles. The summed E-state index contributed by atoms with van der Waals surface area (Å²) in [6.07, 6.45) is 1.75. The van der Waals surface area contributed by atoms with Gasteiger partial charge in [0.15, 0.2) is 0 Å². The zero-order chi connectivity index (χ0) is 8.97. The van der Waals surface area contributed by atoms with E-state index in [2.05, 4.69) is 22.5 Å². The summed E-state index contributed by atoms with van der Waals surface area (Å²) in [5, 5.41) is 8.97. The van der Waals surface area contributed by atoms with Crippen molar-refractivity contribution in [2.45, 2.75) is 5.92 Å². The van der Waals surface area contributed by atoms with Gasteiger partial charge in [0, 0.05) is 10.4 Å². The second-order valence-electron chi connectivity index (χ2n) is 2.58. The van der Waals surface area contributed by atoms with E-state index in [9.17, 15) is 0 Å².